The van der Waals surface area contributed by atoms with Gasteiger partial charge in [-0.15, -0.1) is 5.48 Å². The molecule has 0 aromatic rings. The van der Waals surface area contributed by atoms with Crippen molar-refractivity contribution in [1.29, 1.82) is 0 Å². The number of aliphatic hydroxyl groups excluding tert-OH is 1. The molecule has 1 atom stereocenters. The van der Waals surface area contributed by atoms with Crippen LogP contribution in [-0.4, -0.2) is 64.4 Å². The van der Waals surface area contributed by atoms with Gasteiger partial charge in [-0.2, -0.15) is 0 Å². The molecule has 0 spiro atoms. The van der Waals surface area contributed by atoms with Gasteiger partial charge in [0.05, 0.1) is 6.61 Å². The van der Waals surface area contributed by atoms with Crippen LogP contribution >= 0.6 is 0 Å². The molecule has 0 aliphatic heterocycles. The van der Waals surface area contributed by atoms with Crippen molar-refractivity contribution in [2.24, 2.45) is 0 Å². The van der Waals surface area contributed by atoms with Gasteiger partial charge in [-0.25, -0.2) is 0 Å². The van der Waals surface area contributed by atoms with Gasteiger partial charge in [-0.05, 0) is 6.42 Å². The molecule has 0 aromatic heterocycles. The summed E-state index contributed by atoms with van der Waals surface area (Å²) < 4.78 is 0. The van der Waals surface area contributed by atoms with Crippen molar-refractivity contribution in [2.75, 3.05) is 6.61 Å². The molecule has 0 amide bonds. The van der Waals surface area contributed by atoms with Crippen molar-refractivity contribution in [1.82, 2.24) is 5.48 Å². The number of hydrogen-bond donors (Lipinski definition) is 3. The molecule has 0 fully saturated rings. The molecule has 7 heteroatoms. The van der Waals surface area contributed by atoms with Crippen LogP contribution in [0, 0.1) is 0 Å². The summed E-state index contributed by atoms with van der Waals surface area (Å²) in [5.41, 5.74) is 2.07. The Balaban J connectivity index is 0. The summed E-state index contributed by atoms with van der Waals surface area (Å²) in [5.74, 6) is -1.74. The van der Waals surface area contributed by atoms with Crippen LogP contribution in [0.3, 0.4) is 0 Å². The van der Waals surface area contributed by atoms with Crippen LogP contribution in [0.15, 0.2) is 0 Å². The van der Waals surface area contributed by atoms with Crippen molar-refractivity contribution in [3.8, 4) is 0 Å². The van der Waals surface area contributed by atoms with E-state index in [0.29, 0.717) is 0 Å². The first-order valence-electron chi connectivity index (χ1n) is 9.90. The van der Waals surface area contributed by atoms with Gasteiger partial charge in [0.15, 0.2) is 6.04 Å². The Kier molecular flexibility index (Phi) is 22.9. The molecule has 0 aliphatic carbocycles. The maximum absolute atomic E-state index is 11.4. The van der Waals surface area contributed by atoms with Gasteiger partial charge in [0.25, 0.3) is 0 Å². The summed E-state index contributed by atoms with van der Waals surface area (Å²) in [6.45, 7) is 1.62. The van der Waals surface area contributed by atoms with Crippen molar-refractivity contribution < 1.29 is 24.6 Å². The van der Waals surface area contributed by atoms with E-state index in [9.17, 15) is 9.59 Å². The number of carbonyl (C=O) groups excluding carboxylic acids is 1. The molecule has 0 aliphatic rings. The molecule has 26 heavy (non-hydrogen) atoms. The molecule has 0 saturated carbocycles. The molecular weight excluding hydrogens is 345 g/mol. The van der Waals surface area contributed by atoms with E-state index in [4.69, 9.17) is 10.2 Å². The Labute approximate surface area is 180 Å². The van der Waals surface area contributed by atoms with Gasteiger partial charge in [0, 0.05) is 6.42 Å². The van der Waals surface area contributed by atoms with Crippen LogP contribution in [0.5, 0.6) is 0 Å². The molecule has 0 saturated heterocycles. The average molecular weight is 384 g/mol. The second-order valence-corrected chi connectivity index (χ2v) is 6.66. The van der Waals surface area contributed by atoms with E-state index in [0.717, 1.165) is 19.3 Å². The minimum atomic E-state index is -1.27. The van der Waals surface area contributed by atoms with E-state index in [1.165, 1.54) is 64.2 Å². The van der Waals surface area contributed by atoms with Crippen molar-refractivity contribution in [3.63, 3.8) is 0 Å². The molecular formula is C19H38NNaO5. The zero-order valence-corrected chi connectivity index (χ0v) is 15.8. The number of rotatable bonds is 18. The topological polar surface area (TPSA) is 95.9 Å². The zero-order chi connectivity index (χ0) is 18.8. The van der Waals surface area contributed by atoms with Crippen LogP contribution in [0.2, 0.25) is 0 Å². The van der Waals surface area contributed by atoms with Crippen LogP contribution in [0.25, 0.3) is 0 Å². The van der Waals surface area contributed by atoms with E-state index in [-0.39, 0.29) is 36.0 Å². The van der Waals surface area contributed by atoms with Gasteiger partial charge in [0.2, 0.25) is 0 Å². The number of hydrogen-bond acceptors (Lipinski definition) is 5. The predicted octanol–water partition coefficient (Wildman–Crippen LogP) is 3.31. The van der Waals surface area contributed by atoms with E-state index in [1.54, 1.807) is 0 Å². The third kappa shape index (κ3) is 18.6. The molecule has 150 valence electrons. The van der Waals surface area contributed by atoms with E-state index in [2.05, 4.69) is 17.2 Å². The van der Waals surface area contributed by atoms with Gasteiger partial charge < -0.3 is 15.1 Å². The number of aliphatic hydroxyl groups is 1. The van der Waals surface area contributed by atoms with Crippen LogP contribution in [0.1, 0.15) is 96.8 Å². The van der Waals surface area contributed by atoms with Crippen LogP contribution in [0.4, 0.5) is 0 Å². The van der Waals surface area contributed by atoms with Crippen LogP contribution in [-0.2, 0) is 14.4 Å². The van der Waals surface area contributed by atoms with E-state index in [1.807, 2.05) is 0 Å². The Morgan fingerprint density at radius 3 is 1.65 bits per heavy atom. The molecule has 0 unspecified atom stereocenters. The molecule has 0 radical (unpaired) electrons. The summed E-state index contributed by atoms with van der Waals surface area (Å²) in [4.78, 5) is 26.7. The first kappa shape index (κ1) is 28.1. The Bertz CT molecular complexity index is 342. The van der Waals surface area contributed by atoms with Gasteiger partial charge in [0.1, 0.15) is 0 Å². The second kappa shape index (κ2) is 21.2. The third-order valence-electron chi connectivity index (χ3n) is 4.28. The van der Waals surface area contributed by atoms with Crippen molar-refractivity contribution in [3.05, 3.63) is 0 Å². The molecule has 6 nitrogen and oxygen atoms in total. The number of unbranched alkanes of at least 4 members (excludes halogenated alkanes) is 12. The maximum atomic E-state index is 11.4. The molecule has 0 rings (SSSR count). The second-order valence-electron chi connectivity index (χ2n) is 6.66. The van der Waals surface area contributed by atoms with E-state index >= 15 is 0 Å². The minimum absolute atomic E-state index is 0. The quantitative estimate of drug-likeness (QED) is 0.191. The molecule has 3 N–H and O–H groups in total. The van der Waals surface area contributed by atoms with E-state index < -0.39 is 24.6 Å². The number of carboxylic acids is 1. The fourth-order valence-corrected chi connectivity index (χ4v) is 2.64. The predicted molar refractivity (Wildman–Crippen MR) is 105 cm³/mol. The number of hydroxylamine groups is 1. The third-order valence-corrected chi connectivity index (χ3v) is 4.28. The average Bonchev–Trinajstić information content (AvgIpc) is 2.59. The van der Waals surface area contributed by atoms with Crippen LogP contribution < -0.4 is 5.48 Å². The van der Waals surface area contributed by atoms with Gasteiger partial charge in [-0.3, -0.25) is 9.59 Å². The monoisotopic (exact) mass is 383 g/mol. The molecule has 0 bridgehead atoms. The number of carboxylic acid groups (broad SMARTS) is 1. The fourth-order valence-electron chi connectivity index (χ4n) is 2.64. The fraction of sp³-hybridized carbons (Fsp3) is 0.895. The first-order chi connectivity index (χ1) is 12.1. The Morgan fingerprint density at radius 1 is 0.846 bits per heavy atom. The zero-order valence-electron chi connectivity index (χ0n) is 15.8. The van der Waals surface area contributed by atoms with Crippen molar-refractivity contribution in [2.45, 2.75) is 103 Å². The summed E-state index contributed by atoms with van der Waals surface area (Å²) in [6, 6.07) is -1.27. The number of nitrogens with one attached hydrogen (secondary N) is 1. The van der Waals surface area contributed by atoms with Crippen molar-refractivity contribution >= 4 is 41.5 Å². The van der Waals surface area contributed by atoms with Gasteiger partial charge in [-0.1, -0.05) is 84.0 Å². The first-order valence-corrected chi connectivity index (χ1v) is 9.90. The Hall–Kier alpha value is -0.140. The summed E-state index contributed by atoms with van der Waals surface area (Å²) >= 11 is 0. The normalized spacial score (nSPS) is 11.6. The number of aliphatic carboxylic acids is 1. The molecule has 0 heterocycles. The molecule has 0 aromatic carbocycles. The summed E-state index contributed by atoms with van der Waals surface area (Å²) in [7, 11) is 0. The Morgan fingerprint density at radius 2 is 1.27 bits per heavy atom. The summed E-state index contributed by atoms with van der Waals surface area (Å²) in [6.07, 6.45) is 16.4. The SMILES string of the molecule is CCCCCCCCCCCCCCCC(=O)ON[C@@H](CO)C(=O)O.[NaH]. The standard InChI is InChI=1S/C19H37NO5.Na.H/c1-2-3-4-5-6-7-8-9-10-11-12-13-14-15-18(22)25-20-17(16-21)19(23)24;;/h17,20-21H,2-16H2,1H3,(H,23,24);;/t17-;;/m0../s1. The van der Waals surface area contributed by atoms with Gasteiger partial charge >= 0.3 is 41.5 Å². The number of carbonyl (C=O) groups is 2. The summed E-state index contributed by atoms with van der Waals surface area (Å²) in [5, 5.41) is 17.4.